The first-order valence-electron chi connectivity index (χ1n) is 7.27. The normalized spacial score (nSPS) is 18.7. The molecule has 0 radical (unpaired) electrons. The van der Waals surface area contributed by atoms with Gasteiger partial charge in [0.1, 0.15) is 21.9 Å². The maximum Gasteiger partial charge on any atom is 0.216 e. The van der Waals surface area contributed by atoms with Gasteiger partial charge >= 0.3 is 0 Å². The third kappa shape index (κ3) is 1.96. The summed E-state index contributed by atoms with van der Waals surface area (Å²) in [5, 5.41) is 19.8. The van der Waals surface area contributed by atoms with Gasteiger partial charge in [-0.15, -0.1) is 10.2 Å². The van der Waals surface area contributed by atoms with Crippen molar-refractivity contribution in [1.29, 1.82) is 0 Å². The summed E-state index contributed by atoms with van der Waals surface area (Å²) >= 11 is 10.1. The van der Waals surface area contributed by atoms with E-state index in [1.54, 1.807) is 34.5 Å². The molecular weight excluding hydrogens is 364 g/mol. The lowest BCUT2D eigenvalue weighted by molar-refractivity contribution is 0.632. The van der Waals surface area contributed by atoms with Gasteiger partial charge in [-0.05, 0) is 30.8 Å². The Morgan fingerprint density at radius 2 is 2.04 bits per heavy atom. The molecule has 4 heterocycles. The molecule has 1 atom stereocenters. The van der Waals surface area contributed by atoms with Gasteiger partial charge in [0.25, 0.3) is 0 Å². The van der Waals surface area contributed by atoms with Gasteiger partial charge < -0.3 is 0 Å². The molecule has 9 heteroatoms. The smallest absolute Gasteiger partial charge is 0.216 e. The Morgan fingerprint density at radius 1 is 1.21 bits per heavy atom. The Labute approximate surface area is 151 Å². The molecule has 0 spiro atoms. The molecule has 2 aliphatic rings. The largest absolute Gasteiger partial charge is 0.252 e. The van der Waals surface area contributed by atoms with Gasteiger partial charge in [-0.1, -0.05) is 41.6 Å². The van der Waals surface area contributed by atoms with E-state index in [9.17, 15) is 0 Å². The number of para-hydroxylation sites is 1. The van der Waals surface area contributed by atoms with Crippen molar-refractivity contribution in [3.8, 4) is 5.69 Å². The minimum absolute atomic E-state index is 0.0229. The standard InChI is InChI=1S/C15H11ClN6S2/c1-9-12(13(16)21(19-9)10-5-3-2-4-6-10)14-22-11(7-23-14)24-15-18-17-8-20(15)22/h2-8,14H,1H3/t14-/m0/s1. The van der Waals surface area contributed by atoms with E-state index in [-0.39, 0.29) is 5.37 Å². The molecule has 2 aliphatic heterocycles. The van der Waals surface area contributed by atoms with Gasteiger partial charge in [-0.2, -0.15) is 5.10 Å². The highest BCUT2D eigenvalue weighted by Crippen LogP contribution is 2.52. The minimum Gasteiger partial charge on any atom is -0.252 e. The Kier molecular flexibility index (Phi) is 3.19. The maximum atomic E-state index is 6.73. The summed E-state index contributed by atoms with van der Waals surface area (Å²) in [5.74, 6) is 0. The van der Waals surface area contributed by atoms with Crippen molar-refractivity contribution in [1.82, 2.24) is 24.7 Å². The molecule has 0 bridgehead atoms. The number of hydrogen-bond donors (Lipinski definition) is 0. The first kappa shape index (κ1) is 14.4. The van der Waals surface area contributed by atoms with Crippen LogP contribution < -0.4 is 5.01 Å². The predicted octanol–water partition coefficient (Wildman–Crippen LogP) is 3.71. The molecule has 24 heavy (non-hydrogen) atoms. The average molecular weight is 375 g/mol. The topological polar surface area (TPSA) is 51.8 Å². The van der Waals surface area contributed by atoms with Crippen molar-refractivity contribution in [2.75, 3.05) is 5.01 Å². The van der Waals surface area contributed by atoms with Gasteiger partial charge in [0.2, 0.25) is 5.16 Å². The van der Waals surface area contributed by atoms with Crippen LogP contribution in [-0.2, 0) is 0 Å². The summed E-state index contributed by atoms with van der Waals surface area (Å²) in [6.07, 6.45) is 1.73. The van der Waals surface area contributed by atoms with Crippen LogP contribution in [0.25, 0.3) is 5.69 Å². The third-order valence-electron chi connectivity index (χ3n) is 3.97. The van der Waals surface area contributed by atoms with Crippen molar-refractivity contribution in [3.63, 3.8) is 0 Å². The van der Waals surface area contributed by atoms with Gasteiger partial charge in [0, 0.05) is 11.0 Å². The number of aromatic nitrogens is 5. The second kappa shape index (κ2) is 5.30. The van der Waals surface area contributed by atoms with E-state index in [4.69, 9.17) is 11.6 Å². The molecule has 0 N–H and O–H groups in total. The minimum atomic E-state index is 0.0229. The molecule has 0 amide bonds. The van der Waals surface area contributed by atoms with Crippen LogP contribution >= 0.6 is 35.1 Å². The first-order chi connectivity index (χ1) is 11.7. The highest BCUT2D eigenvalue weighted by Gasteiger charge is 2.40. The second-order valence-electron chi connectivity index (χ2n) is 5.39. The lowest BCUT2D eigenvalue weighted by Crippen LogP contribution is -2.28. The SMILES string of the molecule is Cc1nn(-c2ccccc2)c(Cl)c1[C@@H]1SC=C2Sc3nncn3N21. The van der Waals surface area contributed by atoms with E-state index in [0.717, 1.165) is 27.1 Å². The zero-order valence-electron chi connectivity index (χ0n) is 12.5. The molecule has 0 saturated heterocycles. The summed E-state index contributed by atoms with van der Waals surface area (Å²) in [7, 11) is 0. The zero-order valence-corrected chi connectivity index (χ0v) is 14.9. The van der Waals surface area contributed by atoms with Crippen LogP contribution in [0.15, 0.2) is 52.3 Å². The number of aryl methyl sites for hydroxylation is 1. The van der Waals surface area contributed by atoms with Gasteiger partial charge in [-0.25, -0.2) is 9.36 Å². The third-order valence-corrected chi connectivity index (χ3v) is 6.50. The van der Waals surface area contributed by atoms with Crippen LogP contribution in [-0.4, -0.2) is 24.7 Å². The Morgan fingerprint density at radius 3 is 2.88 bits per heavy atom. The molecule has 0 fully saturated rings. The summed E-state index contributed by atoms with van der Waals surface area (Å²) in [5.41, 5.74) is 2.88. The van der Waals surface area contributed by atoms with Crippen molar-refractivity contribution in [2.45, 2.75) is 17.5 Å². The molecule has 0 aliphatic carbocycles. The van der Waals surface area contributed by atoms with E-state index in [2.05, 4.69) is 25.7 Å². The molecule has 3 aromatic rings. The number of thioether (sulfide) groups is 2. The Hall–Kier alpha value is -1.90. The van der Waals surface area contributed by atoms with Gasteiger partial charge in [0.05, 0.1) is 11.4 Å². The number of benzene rings is 1. The van der Waals surface area contributed by atoms with E-state index < -0.39 is 0 Å². The summed E-state index contributed by atoms with van der Waals surface area (Å²) in [6.45, 7) is 2.00. The molecule has 2 aromatic heterocycles. The molecule has 0 saturated carbocycles. The van der Waals surface area contributed by atoms with Crippen molar-refractivity contribution in [2.24, 2.45) is 0 Å². The fourth-order valence-electron chi connectivity index (χ4n) is 2.89. The fourth-order valence-corrected chi connectivity index (χ4v) is 5.65. The zero-order chi connectivity index (χ0) is 16.3. The lowest BCUT2D eigenvalue weighted by atomic mass is 10.2. The molecule has 0 unspecified atom stereocenters. The molecule has 5 rings (SSSR count). The van der Waals surface area contributed by atoms with E-state index in [0.29, 0.717) is 5.15 Å². The monoisotopic (exact) mass is 374 g/mol. The number of nitrogens with zero attached hydrogens (tertiary/aromatic N) is 6. The Bertz CT molecular complexity index is 964. The maximum absolute atomic E-state index is 6.73. The van der Waals surface area contributed by atoms with Crippen LogP contribution in [0.1, 0.15) is 16.6 Å². The second-order valence-corrected chi connectivity index (χ2v) is 7.69. The van der Waals surface area contributed by atoms with Crippen LogP contribution in [0.5, 0.6) is 0 Å². The highest BCUT2D eigenvalue weighted by atomic mass is 35.5. The first-order valence-corrected chi connectivity index (χ1v) is 9.41. The molecule has 120 valence electrons. The van der Waals surface area contributed by atoms with E-state index in [1.165, 1.54) is 0 Å². The van der Waals surface area contributed by atoms with E-state index >= 15 is 0 Å². The summed E-state index contributed by atoms with van der Waals surface area (Å²) in [6, 6.07) is 9.93. The van der Waals surface area contributed by atoms with E-state index in [1.807, 2.05) is 41.9 Å². The molecule has 6 nitrogen and oxygen atoms in total. The quantitative estimate of drug-likeness (QED) is 0.681. The van der Waals surface area contributed by atoms with Gasteiger partial charge in [0.15, 0.2) is 0 Å². The molecule has 1 aromatic carbocycles. The number of hydrogen-bond acceptors (Lipinski definition) is 6. The van der Waals surface area contributed by atoms with Crippen molar-refractivity contribution >= 4 is 35.1 Å². The van der Waals surface area contributed by atoms with Gasteiger partial charge in [-0.3, -0.25) is 5.01 Å². The number of rotatable bonds is 2. The van der Waals surface area contributed by atoms with Crippen LogP contribution in [0.2, 0.25) is 5.15 Å². The van der Waals surface area contributed by atoms with Crippen LogP contribution in [0, 0.1) is 6.92 Å². The predicted molar refractivity (Wildman–Crippen MR) is 95.8 cm³/mol. The Balaban J connectivity index is 1.61. The highest BCUT2D eigenvalue weighted by molar-refractivity contribution is 8.07. The fraction of sp³-hybridized carbons (Fsp3) is 0.133. The summed E-state index contributed by atoms with van der Waals surface area (Å²) < 4.78 is 3.76. The summed E-state index contributed by atoms with van der Waals surface area (Å²) in [4.78, 5) is 0. The average Bonchev–Trinajstić information content (AvgIpc) is 3.30. The lowest BCUT2D eigenvalue weighted by Gasteiger charge is -2.24. The van der Waals surface area contributed by atoms with Crippen molar-refractivity contribution < 1.29 is 0 Å². The number of fused-ring (bicyclic) bond motifs is 3. The van der Waals surface area contributed by atoms with Crippen LogP contribution in [0.4, 0.5) is 0 Å². The number of halogens is 1. The van der Waals surface area contributed by atoms with Crippen molar-refractivity contribution in [3.05, 3.63) is 63.5 Å². The molecular formula is C15H11ClN6S2. The van der Waals surface area contributed by atoms with Crippen LogP contribution in [0.3, 0.4) is 0 Å².